The number of aromatic nitrogens is 5. The standard InChI is InChI=1S/C6H9N3.C4H6N2O.6Y/c1-4-7-5(2)9-6(3)8-4;1-3-5-6-4(2)7-3;;;;;;/h1-3H3;1-2H3;;;;;;. The van der Waals surface area contributed by atoms with Crippen molar-refractivity contribution < 1.29 is 201 Å². The predicted octanol–water partition coefficient (Wildman–Crippen LogP) is 1.47. The molecule has 2 aromatic rings. The minimum Gasteiger partial charge on any atom is -0.426 e. The van der Waals surface area contributed by atoms with Gasteiger partial charge < -0.3 is 4.42 Å². The van der Waals surface area contributed by atoms with Crippen LogP contribution in [0.25, 0.3) is 0 Å². The van der Waals surface area contributed by atoms with Gasteiger partial charge in [-0.1, -0.05) is 0 Å². The van der Waals surface area contributed by atoms with Crippen LogP contribution in [0.4, 0.5) is 0 Å². The monoisotopic (exact) mass is 755 g/mol. The molecule has 12 heteroatoms. The van der Waals surface area contributed by atoms with Gasteiger partial charge >= 0.3 is 0 Å². The molecule has 0 spiro atoms. The van der Waals surface area contributed by atoms with Crippen LogP contribution in [0.3, 0.4) is 0 Å². The van der Waals surface area contributed by atoms with Crippen molar-refractivity contribution in [2.45, 2.75) is 34.6 Å². The van der Waals surface area contributed by atoms with Gasteiger partial charge in [0.15, 0.2) is 0 Å². The first-order chi connectivity index (χ1) is 7.47. The predicted molar refractivity (Wildman–Crippen MR) is 57.8 cm³/mol. The molecule has 0 bridgehead atoms. The average molecular weight is 755 g/mol. The van der Waals surface area contributed by atoms with Crippen molar-refractivity contribution >= 4 is 0 Å². The second kappa shape index (κ2) is 23.8. The molecule has 0 aliphatic heterocycles. The average Bonchev–Trinajstić information content (AvgIpc) is 2.48. The third-order valence-electron chi connectivity index (χ3n) is 1.60. The van der Waals surface area contributed by atoms with Crippen LogP contribution in [0.2, 0.25) is 0 Å². The third-order valence-corrected chi connectivity index (χ3v) is 1.60. The Bertz CT molecular complexity index is 418. The van der Waals surface area contributed by atoms with E-state index in [9.17, 15) is 0 Å². The molecule has 104 valence electrons. The van der Waals surface area contributed by atoms with Crippen LogP contribution in [0.1, 0.15) is 29.3 Å². The summed E-state index contributed by atoms with van der Waals surface area (Å²) in [4.78, 5) is 12.0. The van der Waals surface area contributed by atoms with E-state index in [4.69, 9.17) is 4.42 Å². The number of hydrogen-bond acceptors (Lipinski definition) is 6. The normalized spacial score (nSPS) is 6.95. The molecule has 2 aromatic heterocycles. The van der Waals surface area contributed by atoms with Crippen LogP contribution in [0, 0.1) is 34.6 Å². The van der Waals surface area contributed by atoms with Crippen molar-refractivity contribution in [1.29, 1.82) is 0 Å². The Labute approximate surface area is 282 Å². The zero-order chi connectivity index (χ0) is 12.1. The second-order valence-corrected chi connectivity index (χ2v) is 3.32. The molecule has 0 fully saturated rings. The van der Waals surface area contributed by atoms with Crippen molar-refractivity contribution in [1.82, 2.24) is 25.1 Å². The number of nitrogens with zero attached hydrogens (tertiary/aromatic N) is 5. The Hall–Kier alpha value is 4.77. The first kappa shape index (κ1) is 41.2. The van der Waals surface area contributed by atoms with Gasteiger partial charge in [-0.15, -0.1) is 10.2 Å². The van der Waals surface area contributed by atoms with Crippen molar-refractivity contribution in [2.75, 3.05) is 0 Å². The molecule has 2 rings (SSSR count). The SMILES string of the molecule is Cc1nc(C)nc(C)n1.Cc1nnc(C)o1.[Y].[Y].[Y].[Y].[Y].[Y]. The summed E-state index contributed by atoms with van der Waals surface area (Å²) in [6, 6.07) is 0. The van der Waals surface area contributed by atoms with E-state index >= 15 is 0 Å². The maximum atomic E-state index is 4.86. The quantitative estimate of drug-likeness (QED) is 0.406. The van der Waals surface area contributed by atoms with Crippen LogP contribution in [0.15, 0.2) is 4.42 Å². The third kappa shape index (κ3) is 21.1. The fourth-order valence-electron chi connectivity index (χ4n) is 1.17. The van der Waals surface area contributed by atoms with Gasteiger partial charge in [0.2, 0.25) is 11.8 Å². The van der Waals surface area contributed by atoms with Gasteiger partial charge in [-0.2, -0.15) is 0 Å². The topological polar surface area (TPSA) is 77.6 Å². The van der Waals surface area contributed by atoms with Crippen LogP contribution in [-0.4, -0.2) is 25.1 Å². The summed E-state index contributed by atoms with van der Waals surface area (Å²) in [5, 5.41) is 7.20. The molecule has 2 heterocycles. The maximum Gasteiger partial charge on any atom is 0.213 e. The van der Waals surface area contributed by atoms with E-state index in [-0.39, 0.29) is 196 Å². The summed E-state index contributed by atoms with van der Waals surface area (Å²) >= 11 is 0. The van der Waals surface area contributed by atoms with E-state index in [0.717, 1.165) is 17.5 Å². The van der Waals surface area contributed by atoms with Gasteiger partial charge in [-0.3, -0.25) is 0 Å². The molecule has 22 heavy (non-hydrogen) atoms. The Morgan fingerprint density at radius 1 is 0.500 bits per heavy atom. The molecule has 0 saturated heterocycles. The molecule has 0 saturated carbocycles. The first-order valence-corrected chi connectivity index (χ1v) is 4.90. The molecule has 6 radical (unpaired) electrons. The molecular formula is C10H15N5OY6. The van der Waals surface area contributed by atoms with Crippen molar-refractivity contribution in [2.24, 2.45) is 0 Å². The van der Waals surface area contributed by atoms with Gasteiger partial charge in [0, 0.05) is 210 Å². The minimum absolute atomic E-state index is 0. The summed E-state index contributed by atoms with van der Waals surface area (Å²) in [6.45, 7) is 9.12. The van der Waals surface area contributed by atoms with E-state index in [1.165, 1.54) is 0 Å². The van der Waals surface area contributed by atoms with Crippen LogP contribution >= 0.6 is 0 Å². The summed E-state index contributed by atoms with van der Waals surface area (Å²) in [5.41, 5.74) is 0. The number of aryl methyl sites for hydroxylation is 5. The Kier molecular flexibility index (Phi) is 44.6. The fourth-order valence-corrected chi connectivity index (χ4v) is 1.17. The summed E-state index contributed by atoms with van der Waals surface area (Å²) in [5.74, 6) is 3.62. The minimum atomic E-state index is 0. The van der Waals surface area contributed by atoms with Gasteiger partial charge in [-0.05, 0) is 20.8 Å². The Morgan fingerprint density at radius 2 is 0.727 bits per heavy atom. The van der Waals surface area contributed by atoms with Crippen molar-refractivity contribution in [3.63, 3.8) is 0 Å². The van der Waals surface area contributed by atoms with Crippen molar-refractivity contribution in [3.05, 3.63) is 29.3 Å². The molecule has 0 aliphatic rings. The Morgan fingerprint density at radius 3 is 0.864 bits per heavy atom. The number of rotatable bonds is 0. The number of hydrogen-bond donors (Lipinski definition) is 0. The molecule has 0 amide bonds. The zero-order valence-corrected chi connectivity index (χ0v) is 30.6. The molecule has 0 N–H and O–H groups in total. The molecule has 0 aromatic carbocycles. The molecule has 0 unspecified atom stereocenters. The molecule has 6 nitrogen and oxygen atoms in total. The van der Waals surface area contributed by atoms with E-state index in [1.54, 1.807) is 13.8 Å². The van der Waals surface area contributed by atoms with Gasteiger partial charge in [0.1, 0.15) is 17.5 Å². The smallest absolute Gasteiger partial charge is 0.213 e. The fraction of sp³-hybridized carbons (Fsp3) is 0.500. The first-order valence-electron chi connectivity index (χ1n) is 4.90. The van der Waals surface area contributed by atoms with Crippen LogP contribution < -0.4 is 0 Å². The second-order valence-electron chi connectivity index (χ2n) is 3.32. The van der Waals surface area contributed by atoms with Crippen molar-refractivity contribution in [3.8, 4) is 0 Å². The maximum absolute atomic E-state index is 4.86. The van der Waals surface area contributed by atoms with Crippen LogP contribution in [0.5, 0.6) is 0 Å². The zero-order valence-electron chi connectivity index (χ0n) is 13.6. The van der Waals surface area contributed by atoms with E-state index in [1.807, 2.05) is 20.8 Å². The Balaban J connectivity index is -0.0000000464. The molecule has 0 aliphatic carbocycles. The van der Waals surface area contributed by atoms with Gasteiger partial charge in [-0.25, -0.2) is 15.0 Å². The molecule has 0 atom stereocenters. The van der Waals surface area contributed by atoms with Gasteiger partial charge in [0.25, 0.3) is 0 Å². The van der Waals surface area contributed by atoms with Crippen LogP contribution in [-0.2, 0) is 196 Å². The molecular weight excluding hydrogens is 740 g/mol. The van der Waals surface area contributed by atoms with E-state index in [0.29, 0.717) is 11.8 Å². The summed E-state index contributed by atoms with van der Waals surface area (Å²) in [6.07, 6.45) is 0. The van der Waals surface area contributed by atoms with Gasteiger partial charge in [0.05, 0.1) is 0 Å². The largest absolute Gasteiger partial charge is 0.426 e. The van der Waals surface area contributed by atoms with E-state index in [2.05, 4.69) is 25.1 Å². The van der Waals surface area contributed by atoms with E-state index < -0.39 is 0 Å². The summed E-state index contributed by atoms with van der Waals surface area (Å²) in [7, 11) is 0. The summed E-state index contributed by atoms with van der Waals surface area (Å²) < 4.78 is 4.86.